The Kier molecular flexibility index (Phi) is 7.27. The molecular formula is C24H21N5O4S. The lowest BCUT2D eigenvalue weighted by Gasteiger charge is -2.25. The lowest BCUT2D eigenvalue weighted by atomic mass is 10.1. The highest BCUT2D eigenvalue weighted by molar-refractivity contribution is 7.19. The molecule has 1 aromatic heterocycles. The number of aryl methyl sites for hydroxylation is 1. The van der Waals surface area contributed by atoms with Crippen molar-refractivity contribution < 1.29 is 19.1 Å². The molecule has 1 aliphatic rings. The fraction of sp³-hybridized carbons (Fsp3) is 0.208. The molecule has 2 aromatic carbocycles. The molecule has 0 saturated carbocycles. The molecule has 0 unspecified atom stereocenters. The van der Waals surface area contributed by atoms with Gasteiger partial charge in [-0.1, -0.05) is 41.2 Å². The van der Waals surface area contributed by atoms with Crippen LogP contribution in [0.5, 0.6) is 5.75 Å². The van der Waals surface area contributed by atoms with Gasteiger partial charge in [-0.15, -0.1) is 10.2 Å². The number of amides is 1. The molecule has 34 heavy (non-hydrogen) atoms. The van der Waals surface area contributed by atoms with E-state index >= 15 is 0 Å². The minimum atomic E-state index is -0.581. The molecule has 0 bridgehead atoms. The number of morpholine rings is 1. The Hall–Kier alpha value is -4.07. The Balaban J connectivity index is 1.39. The summed E-state index contributed by atoms with van der Waals surface area (Å²) in [6, 6.07) is 15.6. The zero-order valence-electron chi connectivity index (χ0n) is 18.4. The van der Waals surface area contributed by atoms with Crippen LogP contribution in [0.4, 0.5) is 10.3 Å². The van der Waals surface area contributed by atoms with Crippen LogP contribution in [-0.2, 0) is 9.53 Å². The zero-order chi connectivity index (χ0) is 23.9. The number of carbonyl (C=O) groups excluding carboxylic acids is 2. The maximum absolute atomic E-state index is 12.6. The molecule has 3 aromatic rings. The molecule has 0 atom stereocenters. The maximum atomic E-state index is 12.6. The van der Waals surface area contributed by atoms with E-state index in [1.165, 1.54) is 17.4 Å². The number of rotatable bonds is 6. The molecule has 1 fully saturated rings. The van der Waals surface area contributed by atoms with Gasteiger partial charge in [-0.3, -0.25) is 10.1 Å². The second-order valence-electron chi connectivity index (χ2n) is 7.44. The second-order valence-corrected chi connectivity index (χ2v) is 8.40. The monoisotopic (exact) mass is 475 g/mol. The molecule has 172 valence electrons. The van der Waals surface area contributed by atoms with Crippen LogP contribution in [0, 0.1) is 18.3 Å². The maximum Gasteiger partial charge on any atom is 0.343 e. The predicted molar refractivity (Wildman–Crippen MR) is 128 cm³/mol. The summed E-state index contributed by atoms with van der Waals surface area (Å²) >= 11 is 1.24. The first-order chi connectivity index (χ1) is 16.5. The molecule has 1 aliphatic heterocycles. The summed E-state index contributed by atoms with van der Waals surface area (Å²) in [7, 11) is 0. The van der Waals surface area contributed by atoms with Gasteiger partial charge in [-0.05, 0) is 42.8 Å². The van der Waals surface area contributed by atoms with Crippen molar-refractivity contribution in [2.24, 2.45) is 0 Å². The molecule has 0 radical (unpaired) electrons. The average Bonchev–Trinajstić information content (AvgIpc) is 3.32. The average molecular weight is 476 g/mol. The normalized spacial score (nSPS) is 13.8. The SMILES string of the molecule is Cc1cccc(C(=O)Oc2ccc(/C=C(/C#N)C(=O)Nc3nnc(N4CCOCC4)s3)cc2)c1. The first-order valence-corrected chi connectivity index (χ1v) is 11.3. The van der Waals surface area contributed by atoms with Crippen molar-refractivity contribution in [2.45, 2.75) is 6.92 Å². The van der Waals surface area contributed by atoms with Crippen molar-refractivity contribution in [2.75, 3.05) is 36.5 Å². The molecule has 1 amide bonds. The van der Waals surface area contributed by atoms with Gasteiger partial charge in [0, 0.05) is 13.1 Å². The van der Waals surface area contributed by atoms with Crippen molar-refractivity contribution in [1.29, 1.82) is 5.26 Å². The van der Waals surface area contributed by atoms with Gasteiger partial charge in [0.1, 0.15) is 17.4 Å². The number of aromatic nitrogens is 2. The number of ether oxygens (including phenoxy) is 2. The summed E-state index contributed by atoms with van der Waals surface area (Å²) in [4.78, 5) is 26.9. The van der Waals surface area contributed by atoms with Crippen LogP contribution in [0.15, 0.2) is 54.1 Å². The highest BCUT2D eigenvalue weighted by atomic mass is 32.1. The van der Waals surface area contributed by atoms with E-state index in [0.29, 0.717) is 53.4 Å². The van der Waals surface area contributed by atoms with E-state index in [-0.39, 0.29) is 5.57 Å². The molecule has 0 spiro atoms. The first-order valence-electron chi connectivity index (χ1n) is 10.5. The van der Waals surface area contributed by atoms with Gasteiger partial charge >= 0.3 is 5.97 Å². The lowest BCUT2D eigenvalue weighted by molar-refractivity contribution is -0.112. The first kappa shape index (κ1) is 23.1. The van der Waals surface area contributed by atoms with E-state index in [4.69, 9.17) is 9.47 Å². The quantitative estimate of drug-likeness (QED) is 0.249. The van der Waals surface area contributed by atoms with Gasteiger partial charge in [0.15, 0.2) is 0 Å². The number of nitrogens with zero attached hydrogens (tertiary/aromatic N) is 4. The Morgan fingerprint density at radius 3 is 2.65 bits per heavy atom. The van der Waals surface area contributed by atoms with Gasteiger partial charge in [0.25, 0.3) is 5.91 Å². The molecule has 2 heterocycles. The van der Waals surface area contributed by atoms with Crippen molar-refractivity contribution in [3.63, 3.8) is 0 Å². The summed E-state index contributed by atoms with van der Waals surface area (Å²) in [5.41, 5.74) is 1.94. The van der Waals surface area contributed by atoms with E-state index in [1.807, 2.05) is 24.0 Å². The summed E-state index contributed by atoms with van der Waals surface area (Å²) in [6.45, 7) is 4.55. The summed E-state index contributed by atoms with van der Waals surface area (Å²) < 4.78 is 10.7. The zero-order valence-corrected chi connectivity index (χ0v) is 19.2. The van der Waals surface area contributed by atoms with Crippen LogP contribution < -0.4 is 15.0 Å². The number of carbonyl (C=O) groups is 2. The van der Waals surface area contributed by atoms with Gasteiger partial charge in [-0.25, -0.2) is 4.79 Å². The Morgan fingerprint density at radius 2 is 1.94 bits per heavy atom. The van der Waals surface area contributed by atoms with Gasteiger partial charge in [0.05, 0.1) is 18.8 Å². The smallest absolute Gasteiger partial charge is 0.343 e. The van der Waals surface area contributed by atoms with Crippen molar-refractivity contribution >= 4 is 39.6 Å². The highest BCUT2D eigenvalue weighted by Gasteiger charge is 2.18. The number of hydrogen-bond donors (Lipinski definition) is 1. The third-order valence-corrected chi connectivity index (χ3v) is 5.84. The van der Waals surface area contributed by atoms with Crippen molar-refractivity contribution in [3.05, 3.63) is 70.8 Å². The van der Waals surface area contributed by atoms with Gasteiger partial charge in [-0.2, -0.15) is 5.26 Å². The summed E-state index contributed by atoms with van der Waals surface area (Å²) in [5.74, 6) is -0.684. The molecule has 0 aliphatic carbocycles. The second kappa shape index (κ2) is 10.7. The number of benzene rings is 2. The molecule has 10 heteroatoms. The fourth-order valence-corrected chi connectivity index (χ4v) is 3.99. The predicted octanol–water partition coefficient (Wildman–Crippen LogP) is 3.45. The van der Waals surface area contributed by atoms with Gasteiger partial charge < -0.3 is 14.4 Å². The number of hydrogen-bond acceptors (Lipinski definition) is 9. The topological polar surface area (TPSA) is 117 Å². The van der Waals surface area contributed by atoms with Crippen molar-refractivity contribution in [3.8, 4) is 11.8 Å². The minimum Gasteiger partial charge on any atom is -0.423 e. The molecule has 9 nitrogen and oxygen atoms in total. The van der Waals surface area contributed by atoms with Crippen LogP contribution in [0.1, 0.15) is 21.5 Å². The Bertz CT molecular complexity index is 1260. The number of nitriles is 1. The third kappa shape index (κ3) is 5.83. The third-order valence-electron chi connectivity index (χ3n) is 4.94. The van der Waals surface area contributed by atoms with E-state index < -0.39 is 11.9 Å². The van der Waals surface area contributed by atoms with E-state index in [9.17, 15) is 14.9 Å². The Morgan fingerprint density at radius 1 is 1.18 bits per heavy atom. The fourth-order valence-electron chi connectivity index (χ4n) is 3.20. The highest BCUT2D eigenvalue weighted by Crippen LogP contribution is 2.25. The molecule has 1 N–H and O–H groups in total. The number of esters is 1. The summed E-state index contributed by atoms with van der Waals surface area (Å²) in [6.07, 6.45) is 1.45. The van der Waals surface area contributed by atoms with E-state index in [2.05, 4.69) is 15.5 Å². The summed E-state index contributed by atoms with van der Waals surface area (Å²) in [5, 5.41) is 21.2. The van der Waals surface area contributed by atoms with Crippen LogP contribution in [-0.4, -0.2) is 48.4 Å². The van der Waals surface area contributed by atoms with Gasteiger partial charge in [0.2, 0.25) is 10.3 Å². The van der Waals surface area contributed by atoms with E-state index in [1.54, 1.807) is 42.5 Å². The standard InChI is InChI=1S/C24H21N5O4S/c1-16-3-2-4-18(13-16)22(31)33-20-7-5-17(6-8-20)14-19(15-25)21(30)26-23-27-28-24(34-23)29-9-11-32-12-10-29/h2-8,13-14H,9-12H2,1H3,(H,26,27,30)/b19-14-. The lowest BCUT2D eigenvalue weighted by Crippen LogP contribution is -2.36. The largest absolute Gasteiger partial charge is 0.423 e. The van der Waals surface area contributed by atoms with Crippen molar-refractivity contribution in [1.82, 2.24) is 10.2 Å². The van der Waals surface area contributed by atoms with Crippen LogP contribution in [0.3, 0.4) is 0 Å². The minimum absolute atomic E-state index is 0.0902. The molecular weight excluding hydrogens is 454 g/mol. The van der Waals surface area contributed by atoms with Crippen LogP contribution >= 0.6 is 11.3 Å². The molecule has 4 rings (SSSR count). The van der Waals surface area contributed by atoms with Crippen LogP contribution in [0.2, 0.25) is 0 Å². The van der Waals surface area contributed by atoms with E-state index in [0.717, 1.165) is 5.56 Å². The Labute approximate surface area is 200 Å². The number of nitrogens with one attached hydrogen (secondary N) is 1. The molecule has 1 saturated heterocycles. The van der Waals surface area contributed by atoms with Crippen LogP contribution in [0.25, 0.3) is 6.08 Å². The number of anilines is 2.